The van der Waals surface area contributed by atoms with Crippen LogP contribution in [0.5, 0.6) is 5.75 Å². The molecule has 1 heterocycles. The van der Waals surface area contributed by atoms with Crippen LogP contribution in [0.3, 0.4) is 0 Å². The third-order valence-corrected chi connectivity index (χ3v) is 5.85. The van der Waals surface area contributed by atoms with Crippen LogP contribution in [0.2, 0.25) is 0 Å². The molecule has 0 unspecified atom stereocenters. The first-order valence-corrected chi connectivity index (χ1v) is 8.55. The molecule has 1 aliphatic rings. The Hall–Kier alpha value is -1.25. The lowest BCUT2D eigenvalue weighted by molar-refractivity contribution is 0.0693. The fourth-order valence-corrected chi connectivity index (χ4v) is 4.55. The fourth-order valence-electron chi connectivity index (χ4n) is 1.95. The largest absolute Gasteiger partial charge is 0.496 e. The van der Waals surface area contributed by atoms with Gasteiger partial charge in [-0.1, -0.05) is 0 Å². The summed E-state index contributed by atoms with van der Waals surface area (Å²) in [6.45, 7) is 0.892. The standard InChI is InChI=1S/C12H15NO5S2/c1-18-11-3-2-9(8-10(11)12(14)15)20(16,17)13-4-6-19-7-5-13/h2-3,8H,4-7H2,1H3,(H,14,15). The molecule has 1 fully saturated rings. The van der Waals surface area contributed by atoms with Crippen LogP contribution >= 0.6 is 11.8 Å². The fraction of sp³-hybridized carbons (Fsp3) is 0.417. The molecule has 0 bridgehead atoms. The lowest BCUT2D eigenvalue weighted by Gasteiger charge is -2.25. The first-order valence-electron chi connectivity index (χ1n) is 5.96. The van der Waals surface area contributed by atoms with Gasteiger partial charge in [-0.15, -0.1) is 0 Å². The van der Waals surface area contributed by atoms with E-state index in [0.717, 1.165) is 17.6 Å². The number of carboxylic acids is 1. The molecule has 2 rings (SSSR count). The highest BCUT2D eigenvalue weighted by Crippen LogP contribution is 2.26. The SMILES string of the molecule is COc1ccc(S(=O)(=O)N2CCSCC2)cc1C(=O)O. The van der Waals surface area contributed by atoms with E-state index in [1.807, 2.05) is 0 Å². The Morgan fingerprint density at radius 3 is 2.55 bits per heavy atom. The Morgan fingerprint density at radius 2 is 2.00 bits per heavy atom. The zero-order valence-electron chi connectivity index (χ0n) is 10.9. The van der Waals surface area contributed by atoms with Crippen LogP contribution in [0, 0.1) is 0 Å². The van der Waals surface area contributed by atoms with E-state index in [1.54, 1.807) is 11.8 Å². The number of thioether (sulfide) groups is 1. The van der Waals surface area contributed by atoms with E-state index in [2.05, 4.69) is 0 Å². The van der Waals surface area contributed by atoms with Crippen LogP contribution in [0.15, 0.2) is 23.1 Å². The third kappa shape index (κ3) is 2.92. The Bertz CT molecular complexity index is 608. The second kappa shape index (κ2) is 6.02. The number of benzene rings is 1. The van der Waals surface area contributed by atoms with Crippen LogP contribution in [-0.2, 0) is 10.0 Å². The summed E-state index contributed by atoms with van der Waals surface area (Å²) in [5.41, 5.74) is -0.153. The average molecular weight is 317 g/mol. The summed E-state index contributed by atoms with van der Waals surface area (Å²) in [4.78, 5) is 11.1. The summed E-state index contributed by atoms with van der Waals surface area (Å²) < 4.78 is 31.2. The Morgan fingerprint density at radius 1 is 1.35 bits per heavy atom. The molecule has 0 aromatic heterocycles. The molecule has 8 heteroatoms. The number of ether oxygens (including phenoxy) is 1. The van der Waals surface area contributed by atoms with Gasteiger partial charge in [0.25, 0.3) is 0 Å². The average Bonchev–Trinajstić information content (AvgIpc) is 2.47. The summed E-state index contributed by atoms with van der Waals surface area (Å²) in [6, 6.07) is 3.90. The van der Waals surface area contributed by atoms with Gasteiger partial charge in [0.2, 0.25) is 10.0 Å². The second-order valence-corrected chi connectivity index (χ2v) is 7.35. The molecule has 1 aromatic rings. The molecule has 0 spiro atoms. The molecule has 0 radical (unpaired) electrons. The van der Waals surface area contributed by atoms with Crippen molar-refractivity contribution in [2.45, 2.75) is 4.90 Å². The van der Waals surface area contributed by atoms with Crippen molar-refractivity contribution in [1.82, 2.24) is 4.31 Å². The van der Waals surface area contributed by atoms with Crippen molar-refractivity contribution in [2.24, 2.45) is 0 Å². The highest BCUT2D eigenvalue weighted by atomic mass is 32.2. The first kappa shape index (κ1) is 15.1. The zero-order valence-corrected chi connectivity index (χ0v) is 12.5. The predicted octanol–water partition coefficient (Wildman–Crippen LogP) is 1.13. The highest BCUT2D eigenvalue weighted by Gasteiger charge is 2.27. The third-order valence-electron chi connectivity index (χ3n) is 3.01. The van der Waals surface area contributed by atoms with Gasteiger partial charge in [0.15, 0.2) is 0 Å². The van der Waals surface area contributed by atoms with E-state index < -0.39 is 16.0 Å². The molecule has 1 N–H and O–H groups in total. The smallest absolute Gasteiger partial charge is 0.339 e. The van der Waals surface area contributed by atoms with Crippen molar-refractivity contribution in [3.8, 4) is 5.75 Å². The summed E-state index contributed by atoms with van der Waals surface area (Å²) in [6.07, 6.45) is 0. The quantitative estimate of drug-likeness (QED) is 0.896. The van der Waals surface area contributed by atoms with Crippen molar-refractivity contribution < 1.29 is 23.1 Å². The lowest BCUT2D eigenvalue weighted by Crippen LogP contribution is -2.37. The number of nitrogens with zero attached hydrogens (tertiary/aromatic N) is 1. The Balaban J connectivity index is 2.41. The maximum absolute atomic E-state index is 12.4. The van der Waals surface area contributed by atoms with Crippen molar-refractivity contribution >= 4 is 27.8 Å². The van der Waals surface area contributed by atoms with Crippen LogP contribution in [0.4, 0.5) is 0 Å². The van der Waals surface area contributed by atoms with Gasteiger partial charge >= 0.3 is 5.97 Å². The second-order valence-electron chi connectivity index (χ2n) is 4.18. The monoisotopic (exact) mass is 317 g/mol. The van der Waals surface area contributed by atoms with Gasteiger partial charge in [0.05, 0.1) is 12.0 Å². The van der Waals surface area contributed by atoms with Crippen molar-refractivity contribution in [3.63, 3.8) is 0 Å². The number of methoxy groups -OCH3 is 1. The molecule has 1 aromatic carbocycles. The maximum Gasteiger partial charge on any atom is 0.339 e. The van der Waals surface area contributed by atoms with E-state index in [0.29, 0.717) is 13.1 Å². The van der Waals surface area contributed by atoms with E-state index in [4.69, 9.17) is 9.84 Å². The number of hydrogen-bond acceptors (Lipinski definition) is 5. The van der Waals surface area contributed by atoms with Gasteiger partial charge < -0.3 is 9.84 Å². The van der Waals surface area contributed by atoms with Gasteiger partial charge in [-0.05, 0) is 18.2 Å². The van der Waals surface area contributed by atoms with Crippen molar-refractivity contribution in [3.05, 3.63) is 23.8 Å². The molecule has 110 valence electrons. The van der Waals surface area contributed by atoms with Gasteiger partial charge in [0, 0.05) is 24.6 Å². The van der Waals surface area contributed by atoms with Crippen molar-refractivity contribution in [1.29, 1.82) is 0 Å². The highest BCUT2D eigenvalue weighted by molar-refractivity contribution is 7.99. The Labute approximate surface area is 121 Å². The molecule has 20 heavy (non-hydrogen) atoms. The topological polar surface area (TPSA) is 83.9 Å². The molecular formula is C12H15NO5S2. The van der Waals surface area contributed by atoms with Crippen LogP contribution in [-0.4, -0.2) is 55.5 Å². The van der Waals surface area contributed by atoms with Crippen molar-refractivity contribution in [2.75, 3.05) is 31.7 Å². The predicted molar refractivity (Wildman–Crippen MR) is 76.0 cm³/mol. The number of sulfonamides is 1. The number of carboxylic acid groups (broad SMARTS) is 1. The molecule has 1 saturated heterocycles. The molecule has 0 aliphatic carbocycles. The van der Waals surface area contributed by atoms with Crippen LogP contribution in [0.25, 0.3) is 0 Å². The minimum atomic E-state index is -3.64. The molecule has 0 saturated carbocycles. The van der Waals surface area contributed by atoms with E-state index in [9.17, 15) is 13.2 Å². The van der Waals surface area contributed by atoms with E-state index in [1.165, 1.54) is 23.5 Å². The van der Waals surface area contributed by atoms with E-state index >= 15 is 0 Å². The molecule has 6 nitrogen and oxygen atoms in total. The minimum absolute atomic E-state index is 0.0115. The maximum atomic E-state index is 12.4. The first-order chi connectivity index (χ1) is 9.46. The number of rotatable bonds is 4. The van der Waals surface area contributed by atoms with Gasteiger partial charge in [0.1, 0.15) is 11.3 Å². The van der Waals surface area contributed by atoms with Gasteiger partial charge in [-0.25, -0.2) is 13.2 Å². The zero-order chi connectivity index (χ0) is 14.8. The summed E-state index contributed by atoms with van der Waals surface area (Å²) >= 11 is 1.70. The summed E-state index contributed by atoms with van der Waals surface area (Å²) in [5, 5.41) is 9.11. The van der Waals surface area contributed by atoms with Gasteiger partial charge in [-0.2, -0.15) is 16.1 Å². The minimum Gasteiger partial charge on any atom is -0.496 e. The molecule has 1 aliphatic heterocycles. The number of aromatic carboxylic acids is 1. The number of hydrogen-bond donors (Lipinski definition) is 1. The number of carbonyl (C=O) groups is 1. The van der Waals surface area contributed by atoms with Crippen LogP contribution in [0.1, 0.15) is 10.4 Å². The van der Waals surface area contributed by atoms with Gasteiger partial charge in [-0.3, -0.25) is 0 Å². The summed E-state index contributed by atoms with van der Waals surface area (Å²) in [5.74, 6) is 0.432. The molecular weight excluding hydrogens is 302 g/mol. The van der Waals surface area contributed by atoms with E-state index in [-0.39, 0.29) is 16.2 Å². The van der Waals surface area contributed by atoms with Crippen LogP contribution < -0.4 is 4.74 Å². The Kier molecular flexibility index (Phi) is 4.56. The molecule has 0 atom stereocenters. The summed E-state index contributed by atoms with van der Waals surface area (Å²) in [7, 11) is -2.30. The lowest BCUT2D eigenvalue weighted by atomic mass is 10.2. The normalized spacial score (nSPS) is 16.9. The molecule has 0 amide bonds.